The minimum atomic E-state index is -0.558. The summed E-state index contributed by atoms with van der Waals surface area (Å²) < 4.78 is 5.66. The normalized spacial score (nSPS) is 24.1. The van der Waals surface area contributed by atoms with Crippen LogP contribution in [0.5, 0.6) is 0 Å². The molecule has 0 aliphatic heterocycles. The largest absolute Gasteiger partial charge is 0.461 e. The predicted octanol–water partition coefficient (Wildman–Crippen LogP) is 3.07. The van der Waals surface area contributed by atoms with Gasteiger partial charge in [-0.05, 0) is 43.6 Å². The van der Waals surface area contributed by atoms with Gasteiger partial charge in [-0.3, -0.25) is 4.79 Å². The van der Waals surface area contributed by atoms with Crippen molar-refractivity contribution in [3.63, 3.8) is 0 Å². The first-order valence-electron chi connectivity index (χ1n) is 7.70. The van der Waals surface area contributed by atoms with Gasteiger partial charge in [-0.25, -0.2) is 0 Å². The van der Waals surface area contributed by atoms with Crippen LogP contribution < -0.4 is 5.73 Å². The minimum absolute atomic E-state index is 0.0723. The first-order valence-corrected chi connectivity index (χ1v) is 7.70. The summed E-state index contributed by atoms with van der Waals surface area (Å²) in [6.07, 6.45) is 6.26. The van der Waals surface area contributed by atoms with Crippen LogP contribution in [0.1, 0.15) is 44.6 Å². The van der Waals surface area contributed by atoms with Crippen LogP contribution in [0.25, 0.3) is 0 Å². The summed E-state index contributed by atoms with van der Waals surface area (Å²) in [5.74, 6) is 0.260. The maximum atomic E-state index is 12.1. The van der Waals surface area contributed by atoms with Crippen molar-refractivity contribution in [1.82, 2.24) is 0 Å². The Morgan fingerprint density at radius 1 is 1.30 bits per heavy atom. The summed E-state index contributed by atoms with van der Waals surface area (Å²) in [6, 6.07) is 9.30. The lowest BCUT2D eigenvalue weighted by Gasteiger charge is -2.31. The zero-order valence-electron chi connectivity index (χ0n) is 12.3. The van der Waals surface area contributed by atoms with E-state index in [4.69, 9.17) is 10.5 Å². The Kier molecular flexibility index (Phi) is 5.60. The highest BCUT2D eigenvalue weighted by atomic mass is 16.5. The summed E-state index contributed by atoms with van der Waals surface area (Å²) in [5, 5.41) is 0. The third kappa shape index (κ3) is 4.07. The Morgan fingerprint density at radius 3 is 2.70 bits per heavy atom. The van der Waals surface area contributed by atoms with E-state index in [0.29, 0.717) is 12.3 Å². The van der Waals surface area contributed by atoms with E-state index < -0.39 is 6.04 Å². The molecule has 110 valence electrons. The monoisotopic (exact) mass is 275 g/mol. The fourth-order valence-electron chi connectivity index (χ4n) is 2.98. The number of hydrogen-bond acceptors (Lipinski definition) is 3. The number of nitrogens with two attached hydrogens (primary N) is 1. The van der Waals surface area contributed by atoms with Crippen LogP contribution in [0.15, 0.2) is 30.3 Å². The quantitative estimate of drug-likeness (QED) is 0.840. The maximum absolute atomic E-state index is 12.1. The Balaban J connectivity index is 1.87. The minimum Gasteiger partial charge on any atom is -0.461 e. The molecule has 3 atom stereocenters. The van der Waals surface area contributed by atoms with Crippen LogP contribution in [0.2, 0.25) is 0 Å². The Morgan fingerprint density at radius 2 is 2.00 bits per heavy atom. The molecule has 1 aromatic rings. The SMILES string of the molecule is CCC1CCCCC1OC(=O)[C@@H](N)Cc1ccccc1. The zero-order chi connectivity index (χ0) is 14.4. The van der Waals surface area contributed by atoms with Crippen molar-refractivity contribution in [3.8, 4) is 0 Å². The standard InChI is InChI=1S/C17H25NO2/c1-2-14-10-6-7-11-16(14)20-17(19)15(18)12-13-8-4-3-5-9-13/h3-5,8-9,14-16H,2,6-7,10-12,18H2,1H3/t14?,15-,16?/m0/s1. The lowest BCUT2D eigenvalue weighted by Crippen LogP contribution is -2.39. The second-order valence-corrected chi connectivity index (χ2v) is 5.72. The lowest BCUT2D eigenvalue weighted by atomic mass is 9.85. The van der Waals surface area contributed by atoms with Gasteiger partial charge in [-0.1, -0.05) is 43.7 Å². The Hall–Kier alpha value is -1.35. The van der Waals surface area contributed by atoms with E-state index in [1.165, 1.54) is 12.8 Å². The summed E-state index contributed by atoms with van der Waals surface area (Å²) >= 11 is 0. The highest BCUT2D eigenvalue weighted by Crippen LogP contribution is 2.29. The lowest BCUT2D eigenvalue weighted by molar-refractivity contribution is -0.155. The van der Waals surface area contributed by atoms with Gasteiger partial charge in [0.05, 0.1) is 0 Å². The van der Waals surface area contributed by atoms with E-state index in [1.54, 1.807) is 0 Å². The van der Waals surface area contributed by atoms with Gasteiger partial charge >= 0.3 is 5.97 Å². The topological polar surface area (TPSA) is 52.3 Å². The van der Waals surface area contributed by atoms with Crippen molar-refractivity contribution in [2.24, 2.45) is 11.7 Å². The molecule has 1 aliphatic carbocycles. The maximum Gasteiger partial charge on any atom is 0.323 e. The second kappa shape index (κ2) is 7.44. The van der Waals surface area contributed by atoms with Crippen LogP contribution in [0.3, 0.4) is 0 Å². The molecular formula is C17H25NO2. The van der Waals surface area contributed by atoms with E-state index in [0.717, 1.165) is 24.8 Å². The van der Waals surface area contributed by atoms with Gasteiger partial charge < -0.3 is 10.5 Å². The third-order valence-electron chi connectivity index (χ3n) is 4.23. The molecule has 0 spiro atoms. The molecule has 0 radical (unpaired) electrons. The van der Waals surface area contributed by atoms with Gasteiger partial charge in [-0.2, -0.15) is 0 Å². The van der Waals surface area contributed by atoms with Crippen molar-refractivity contribution in [2.75, 3.05) is 0 Å². The molecule has 1 aromatic carbocycles. The average Bonchev–Trinajstić information content (AvgIpc) is 2.48. The van der Waals surface area contributed by atoms with Crippen molar-refractivity contribution in [3.05, 3.63) is 35.9 Å². The van der Waals surface area contributed by atoms with Crippen LogP contribution in [-0.2, 0) is 16.0 Å². The van der Waals surface area contributed by atoms with Crippen LogP contribution in [0, 0.1) is 5.92 Å². The van der Waals surface area contributed by atoms with Crippen molar-refractivity contribution < 1.29 is 9.53 Å². The van der Waals surface area contributed by atoms with Gasteiger partial charge in [-0.15, -0.1) is 0 Å². The first-order chi connectivity index (χ1) is 9.70. The van der Waals surface area contributed by atoms with Crippen LogP contribution in [0.4, 0.5) is 0 Å². The van der Waals surface area contributed by atoms with Gasteiger partial charge in [0.25, 0.3) is 0 Å². The summed E-state index contributed by atoms with van der Waals surface area (Å²) in [7, 11) is 0. The van der Waals surface area contributed by atoms with E-state index in [9.17, 15) is 4.79 Å². The van der Waals surface area contributed by atoms with Crippen molar-refractivity contribution >= 4 is 5.97 Å². The number of rotatable bonds is 5. The second-order valence-electron chi connectivity index (χ2n) is 5.72. The van der Waals surface area contributed by atoms with E-state index in [2.05, 4.69) is 6.92 Å². The van der Waals surface area contributed by atoms with Crippen LogP contribution >= 0.6 is 0 Å². The predicted molar refractivity (Wildman–Crippen MR) is 80.3 cm³/mol. The average molecular weight is 275 g/mol. The number of ether oxygens (including phenoxy) is 1. The fourth-order valence-corrected chi connectivity index (χ4v) is 2.98. The molecule has 0 amide bonds. The molecule has 20 heavy (non-hydrogen) atoms. The van der Waals surface area contributed by atoms with E-state index in [1.807, 2.05) is 30.3 Å². The molecular weight excluding hydrogens is 250 g/mol. The summed E-state index contributed by atoms with van der Waals surface area (Å²) in [5.41, 5.74) is 7.06. The van der Waals surface area contributed by atoms with Gasteiger partial charge in [0.2, 0.25) is 0 Å². The number of carbonyl (C=O) groups excluding carboxylic acids is 1. The molecule has 1 aliphatic rings. The molecule has 2 rings (SSSR count). The fraction of sp³-hybridized carbons (Fsp3) is 0.588. The molecule has 0 bridgehead atoms. The van der Waals surface area contributed by atoms with Gasteiger partial charge in [0, 0.05) is 0 Å². The molecule has 0 heterocycles. The number of esters is 1. The van der Waals surface area contributed by atoms with Crippen LogP contribution in [-0.4, -0.2) is 18.1 Å². The van der Waals surface area contributed by atoms with E-state index >= 15 is 0 Å². The Bertz CT molecular complexity index is 418. The highest BCUT2D eigenvalue weighted by molar-refractivity contribution is 5.76. The molecule has 3 nitrogen and oxygen atoms in total. The molecule has 2 N–H and O–H groups in total. The number of carbonyl (C=O) groups is 1. The third-order valence-corrected chi connectivity index (χ3v) is 4.23. The number of benzene rings is 1. The highest BCUT2D eigenvalue weighted by Gasteiger charge is 2.28. The molecule has 1 saturated carbocycles. The molecule has 3 heteroatoms. The van der Waals surface area contributed by atoms with Gasteiger partial charge in [0.15, 0.2) is 0 Å². The summed E-state index contributed by atoms with van der Waals surface area (Å²) in [4.78, 5) is 12.1. The molecule has 2 unspecified atom stereocenters. The molecule has 0 aromatic heterocycles. The van der Waals surface area contributed by atoms with Gasteiger partial charge in [0.1, 0.15) is 12.1 Å². The molecule has 0 saturated heterocycles. The van der Waals surface area contributed by atoms with E-state index in [-0.39, 0.29) is 12.1 Å². The molecule has 1 fully saturated rings. The smallest absolute Gasteiger partial charge is 0.323 e. The number of hydrogen-bond donors (Lipinski definition) is 1. The zero-order valence-corrected chi connectivity index (χ0v) is 12.3. The Labute approximate surface area is 121 Å². The summed E-state index contributed by atoms with van der Waals surface area (Å²) in [6.45, 7) is 2.17. The van der Waals surface area contributed by atoms with Crippen molar-refractivity contribution in [2.45, 2.75) is 57.6 Å². The first kappa shape index (κ1) is 15.0. The van der Waals surface area contributed by atoms with Crippen molar-refractivity contribution in [1.29, 1.82) is 0 Å².